The van der Waals surface area contributed by atoms with E-state index in [0.717, 1.165) is 89.8 Å². The van der Waals surface area contributed by atoms with Crippen LogP contribution in [0.2, 0.25) is 0 Å². The van der Waals surface area contributed by atoms with Gasteiger partial charge in [-0.15, -0.1) is 0 Å². The van der Waals surface area contributed by atoms with Crippen molar-refractivity contribution in [1.82, 2.24) is 0 Å². The predicted molar refractivity (Wildman–Crippen MR) is 251 cm³/mol. The molecule has 332 valence electrons. The Morgan fingerprint density at radius 2 is 0.758 bits per heavy atom. The first-order chi connectivity index (χ1) is 30.3. The highest BCUT2D eigenvalue weighted by Gasteiger charge is 2.24. The van der Waals surface area contributed by atoms with E-state index < -0.39 is 11.9 Å². The van der Waals surface area contributed by atoms with Gasteiger partial charge in [0.05, 0.1) is 39.6 Å². The summed E-state index contributed by atoms with van der Waals surface area (Å²) in [5, 5.41) is 24.8. The van der Waals surface area contributed by atoms with Gasteiger partial charge in [-0.05, 0) is 80.6 Å². The molecule has 2 heterocycles. The number of carbonyl (C=O) groups excluding carboxylic acids is 2. The third kappa shape index (κ3) is 12.7. The summed E-state index contributed by atoms with van der Waals surface area (Å²) in [6.45, 7) is 6.01. The SMILES string of the molecule is CCOC(=O)COc1c2cc3cc1Cc1cc4cc(c1O)Cc1cc(cc(c1OCC(=O)OCC)Cc1cc(cc(c1O)C2)CSCCOCCSC3)CSCCOCCSC4. The Kier molecular flexibility index (Phi) is 17.4. The molecule has 1 aliphatic carbocycles. The average Bonchev–Trinajstić information content (AvgIpc) is 3.24. The second kappa shape index (κ2) is 23.3. The molecule has 0 aromatic heterocycles. The van der Waals surface area contributed by atoms with Gasteiger partial charge in [-0.2, -0.15) is 47.0 Å². The van der Waals surface area contributed by atoms with Crippen LogP contribution in [-0.4, -0.2) is 98.0 Å². The zero-order valence-corrected chi connectivity index (χ0v) is 38.8. The molecule has 2 N–H and O–H groups in total. The first kappa shape index (κ1) is 46.3. The molecular weight excluding hydrogens is 865 g/mol. The van der Waals surface area contributed by atoms with Crippen LogP contribution < -0.4 is 9.47 Å². The van der Waals surface area contributed by atoms with Gasteiger partial charge in [-0.3, -0.25) is 0 Å². The Morgan fingerprint density at radius 1 is 0.484 bits per heavy atom. The molecule has 14 heteroatoms. The normalized spacial score (nSPS) is 16.3. The molecule has 0 saturated heterocycles. The van der Waals surface area contributed by atoms with Crippen molar-refractivity contribution in [3.8, 4) is 23.0 Å². The number of phenols is 2. The van der Waals surface area contributed by atoms with E-state index in [4.69, 9.17) is 28.4 Å². The molecule has 0 unspecified atom stereocenters. The van der Waals surface area contributed by atoms with Crippen LogP contribution in [0, 0.1) is 0 Å². The van der Waals surface area contributed by atoms with Gasteiger partial charge < -0.3 is 38.6 Å². The number of benzene rings is 4. The fourth-order valence-electron chi connectivity index (χ4n) is 8.01. The van der Waals surface area contributed by atoms with Crippen LogP contribution >= 0.6 is 47.0 Å². The van der Waals surface area contributed by atoms with Gasteiger partial charge in [0, 0.05) is 71.7 Å². The molecule has 3 aliphatic rings. The van der Waals surface area contributed by atoms with Crippen LogP contribution in [0.5, 0.6) is 23.0 Å². The quantitative estimate of drug-likeness (QED) is 0.144. The third-order valence-electron chi connectivity index (χ3n) is 10.6. The summed E-state index contributed by atoms with van der Waals surface area (Å²) in [6.07, 6.45) is 1.28. The van der Waals surface area contributed by atoms with Crippen molar-refractivity contribution >= 4 is 59.0 Å². The highest BCUT2D eigenvalue weighted by molar-refractivity contribution is 7.99. The third-order valence-corrected chi connectivity index (χ3v) is 14.6. The Bertz CT molecular complexity index is 2040. The molecule has 0 atom stereocenters. The van der Waals surface area contributed by atoms with Gasteiger partial charge in [0.25, 0.3) is 0 Å². The second-order valence-electron chi connectivity index (χ2n) is 15.3. The molecule has 7 rings (SSSR count). The van der Waals surface area contributed by atoms with Crippen molar-refractivity contribution in [2.45, 2.75) is 62.5 Å². The number of carbonyl (C=O) groups is 2. The maximum absolute atomic E-state index is 12.9. The van der Waals surface area contributed by atoms with Crippen LogP contribution in [0.1, 0.15) is 80.6 Å². The van der Waals surface area contributed by atoms with Gasteiger partial charge in [0.15, 0.2) is 13.2 Å². The molecule has 0 saturated carbocycles. The lowest BCUT2D eigenvalue weighted by Crippen LogP contribution is -2.17. The van der Waals surface area contributed by atoms with Gasteiger partial charge in [-0.25, -0.2) is 9.59 Å². The van der Waals surface area contributed by atoms with Crippen molar-refractivity contribution < 1.29 is 48.2 Å². The summed E-state index contributed by atoms with van der Waals surface area (Å²) in [4.78, 5) is 25.7. The minimum Gasteiger partial charge on any atom is -0.507 e. The molecule has 0 fully saturated rings. The van der Waals surface area contributed by atoms with Crippen molar-refractivity contribution in [3.05, 3.63) is 115 Å². The molecule has 62 heavy (non-hydrogen) atoms. The van der Waals surface area contributed by atoms with Crippen LogP contribution in [0.4, 0.5) is 0 Å². The van der Waals surface area contributed by atoms with Crippen molar-refractivity contribution in [1.29, 1.82) is 0 Å². The molecule has 10 nitrogen and oxygen atoms in total. The summed E-state index contributed by atoms with van der Waals surface area (Å²) in [7, 11) is 0. The number of hydrogen-bond donors (Lipinski definition) is 2. The molecule has 0 spiro atoms. The fourth-order valence-corrected chi connectivity index (χ4v) is 11.1. The van der Waals surface area contributed by atoms with Gasteiger partial charge in [-0.1, -0.05) is 48.5 Å². The smallest absolute Gasteiger partial charge is 0.344 e. The largest absolute Gasteiger partial charge is 0.507 e. The molecule has 12 bridgehead atoms. The lowest BCUT2D eigenvalue weighted by atomic mass is 9.88. The van der Waals surface area contributed by atoms with Crippen LogP contribution in [0.25, 0.3) is 0 Å². The van der Waals surface area contributed by atoms with Gasteiger partial charge >= 0.3 is 11.9 Å². The van der Waals surface area contributed by atoms with E-state index >= 15 is 0 Å². The van der Waals surface area contributed by atoms with Gasteiger partial charge in [0.2, 0.25) is 0 Å². The lowest BCUT2D eigenvalue weighted by molar-refractivity contribution is -0.146. The number of hydrogen-bond acceptors (Lipinski definition) is 14. The maximum Gasteiger partial charge on any atom is 0.344 e. The van der Waals surface area contributed by atoms with Crippen LogP contribution in [-0.2, 0) is 77.2 Å². The summed E-state index contributed by atoms with van der Waals surface area (Å²) in [5.41, 5.74) is 10.4. The standard InChI is InChI=1S/C48H56O10S4/c1-3-55-43(49)25-57-47-39-17-33-19-41(47)23-37-15-32-14-36(46(37)52)22-40-18-34(30-62-12-8-54-6-10-60-28-32)20-42(48(40)58-26-44(50)56-4-2)24-38-16-31(13-35(21-39)45(38)51)27-59-9-5-53-7-11-61-29-33/h13-20,51-52H,3-12,21-30H2,1-2H3. The number of thioether (sulfide) groups is 4. The molecule has 4 aromatic carbocycles. The highest BCUT2D eigenvalue weighted by atomic mass is 32.2. The summed E-state index contributed by atoms with van der Waals surface area (Å²) < 4.78 is 35.6. The Labute approximate surface area is 381 Å². The van der Waals surface area contributed by atoms with Crippen molar-refractivity contribution in [3.63, 3.8) is 0 Å². The van der Waals surface area contributed by atoms with E-state index in [1.54, 1.807) is 60.9 Å². The number of rotatable bonds is 8. The van der Waals surface area contributed by atoms with E-state index in [9.17, 15) is 19.8 Å². The number of aromatic hydroxyl groups is 2. The maximum atomic E-state index is 12.9. The van der Waals surface area contributed by atoms with Crippen LogP contribution in [0.3, 0.4) is 0 Å². The number of esters is 2. The topological polar surface area (TPSA) is 130 Å². The summed E-state index contributed by atoms with van der Waals surface area (Å²) in [5.74, 6) is 6.65. The van der Waals surface area contributed by atoms with Gasteiger partial charge in [0.1, 0.15) is 23.0 Å². The first-order valence-corrected chi connectivity index (χ1v) is 25.9. The van der Waals surface area contributed by atoms with E-state index in [2.05, 4.69) is 48.5 Å². The van der Waals surface area contributed by atoms with E-state index in [1.165, 1.54) is 0 Å². The molecule has 2 aliphatic heterocycles. The van der Waals surface area contributed by atoms with Crippen molar-refractivity contribution in [2.75, 3.05) is 75.9 Å². The number of phenolic OH excluding ortho intramolecular Hbond substituents is 2. The van der Waals surface area contributed by atoms with E-state index in [-0.39, 0.29) is 37.9 Å². The molecule has 0 amide bonds. The number of ether oxygens (including phenoxy) is 6. The zero-order chi connectivity index (χ0) is 43.3. The monoisotopic (exact) mass is 920 g/mol. The first-order valence-electron chi connectivity index (χ1n) is 21.3. The second-order valence-corrected chi connectivity index (χ2v) is 19.8. The van der Waals surface area contributed by atoms with Crippen LogP contribution in [0.15, 0.2) is 48.5 Å². The molecule has 4 aromatic rings. The predicted octanol–water partition coefficient (Wildman–Crippen LogP) is 8.65. The fraction of sp³-hybridized carbons (Fsp3) is 0.458. The summed E-state index contributed by atoms with van der Waals surface area (Å²) >= 11 is 7.15. The lowest BCUT2D eigenvalue weighted by Gasteiger charge is -2.23. The van der Waals surface area contributed by atoms with E-state index in [1.807, 2.05) is 0 Å². The van der Waals surface area contributed by atoms with E-state index in [0.29, 0.717) is 86.6 Å². The Morgan fingerprint density at radius 3 is 1.03 bits per heavy atom. The summed E-state index contributed by atoms with van der Waals surface area (Å²) in [6, 6.07) is 16.8. The Balaban J connectivity index is 1.48. The molecule has 0 radical (unpaired) electrons. The molecular formula is C48H56O10S4. The number of fused-ring (bicyclic) bond motifs is 8. The average molecular weight is 921 g/mol. The minimum absolute atomic E-state index is 0.169. The minimum atomic E-state index is -0.475. The Hall–Kier alpha value is -3.66. The zero-order valence-electron chi connectivity index (χ0n) is 35.6. The van der Waals surface area contributed by atoms with Crippen molar-refractivity contribution in [2.24, 2.45) is 0 Å². The highest BCUT2D eigenvalue weighted by Crippen LogP contribution is 2.41.